The molecular formula is C22H20N4O4. The molecule has 0 saturated carbocycles. The maximum absolute atomic E-state index is 12.8. The number of phenolic OH excluding ortho intramolecular Hbond substituents is 1. The van der Waals surface area contributed by atoms with Gasteiger partial charge in [-0.25, -0.2) is 4.98 Å². The van der Waals surface area contributed by atoms with Crippen LogP contribution in [0.5, 0.6) is 5.75 Å². The van der Waals surface area contributed by atoms with Gasteiger partial charge in [-0.05, 0) is 36.4 Å². The predicted octanol–water partition coefficient (Wildman–Crippen LogP) is 2.20. The molecule has 0 unspecified atom stereocenters. The first kappa shape index (κ1) is 18.2. The summed E-state index contributed by atoms with van der Waals surface area (Å²) >= 11 is 0. The number of piperazine rings is 1. The fourth-order valence-electron chi connectivity index (χ4n) is 3.85. The number of carbonyl (C=O) groups excluding carboxylic acids is 1. The number of aromatic hydroxyl groups is 1. The van der Waals surface area contributed by atoms with Gasteiger partial charge in [0.2, 0.25) is 11.5 Å². The Kier molecular flexibility index (Phi) is 4.39. The Hall–Kier alpha value is -3.81. The second-order valence-electron chi connectivity index (χ2n) is 7.34. The first-order valence-electron chi connectivity index (χ1n) is 9.78. The molecule has 2 aromatic carbocycles. The van der Waals surface area contributed by atoms with Gasteiger partial charge < -0.3 is 19.3 Å². The molecule has 3 heterocycles. The van der Waals surface area contributed by atoms with E-state index in [9.17, 15) is 14.7 Å². The van der Waals surface area contributed by atoms with Crippen molar-refractivity contribution in [3.8, 4) is 5.75 Å². The van der Waals surface area contributed by atoms with Gasteiger partial charge in [0.15, 0.2) is 0 Å². The fraction of sp³-hybridized carbons (Fsp3) is 0.227. The van der Waals surface area contributed by atoms with Crippen molar-refractivity contribution < 1.29 is 14.3 Å². The van der Waals surface area contributed by atoms with E-state index < -0.39 is 0 Å². The lowest BCUT2D eigenvalue weighted by Crippen LogP contribution is -2.50. The number of fused-ring (bicyclic) bond motifs is 3. The number of nitrogens with zero attached hydrogens (tertiary/aromatic N) is 4. The summed E-state index contributed by atoms with van der Waals surface area (Å²) in [5.41, 5.74) is 1.94. The number of rotatable bonds is 3. The van der Waals surface area contributed by atoms with Gasteiger partial charge in [0.1, 0.15) is 23.4 Å². The number of furan rings is 1. The molecular weight excluding hydrogens is 384 g/mol. The Labute approximate surface area is 171 Å². The van der Waals surface area contributed by atoms with Crippen LogP contribution in [0.25, 0.3) is 22.1 Å². The molecule has 8 heteroatoms. The number of para-hydroxylation sites is 1. The molecule has 1 saturated heterocycles. The zero-order chi connectivity index (χ0) is 20.7. The topological polar surface area (TPSA) is 91.8 Å². The third-order valence-corrected chi connectivity index (χ3v) is 5.50. The summed E-state index contributed by atoms with van der Waals surface area (Å²) in [6, 6.07) is 14.4. The molecule has 5 rings (SSSR count). The van der Waals surface area contributed by atoms with E-state index in [0.717, 1.165) is 11.1 Å². The van der Waals surface area contributed by atoms with Crippen molar-refractivity contribution in [2.24, 2.45) is 0 Å². The van der Waals surface area contributed by atoms with Crippen molar-refractivity contribution in [2.75, 3.05) is 31.1 Å². The number of anilines is 1. The van der Waals surface area contributed by atoms with Crippen LogP contribution in [0, 0.1) is 0 Å². The van der Waals surface area contributed by atoms with Crippen molar-refractivity contribution >= 4 is 33.7 Å². The molecule has 1 aliphatic rings. The normalized spacial score (nSPS) is 14.5. The first-order valence-corrected chi connectivity index (χ1v) is 9.78. The van der Waals surface area contributed by atoms with Crippen molar-refractivity contribution in [2.45, 2.75) is 6.54 Å². The number of hydrogen-bond acceptors (Lipinski definition) is 6. The summed E-state index contributed by atoms with van der Waals surface area (Å²) in [5, 5.41) is 10.2. The zero-order valence-corrected chi connectivity index (χ0v) is 16.2. The van der Waals surface area contributed by atoms with E-state index in [1.54, 1.807) is 23.1 Å². The molecule has 0 atom stereocenters. The second-order valence-corrected chi connectivity index (χ2v) is 7.34. The second kappa shape index (κ2) is 7.22. The lowest BCUT2D eigenvalue weighted by molar-refractivity contribution is -0.132. The molecule has 0 bridgehead atoms. The molecule has 4 aromatic rings. The van der Waals surface area contributed by atoms with E-state index in [2.05, 4.69) is 9.88 Å². The Bertz CT molecular complexity index is 1280. The van der Waals surface area contributed by atoms with Crippen molar-refractivity contribution in [1.29, 1.82) is 0 Å². The van der Waals surface area contributed by atoms with Crippen LogP contribution in [0.3, 0.4) is 0 Å². The SMILES string of the molecule is O=C(Cn1cnc2c(oc3ccccc32)c1=O)N1CCN(c2ccc(O)cc2)CC1. The quantitative estimate of drug-likeness (QED) is 0.563. The Balaban J connectivity index is 1.30. The lowest BCUT2D eigenvalue weighted by atomic mass is 10.2. The maximum atomic E-state index is 12.8. The van der Waals surface area contributed by atoms with Gasteiger partial charge in [-0.2, -0.15) is 0 Å². The van der Waals surface area contributed by atoms with E-state index in [1.165, 1.54) is 10.9 Å². The molecule has 1 fully saturated rings. The molecule has 0 radical (unpaired) electrons. The highest BCUT2D eigenvalue weighted by molar-refractivity contribution is 6.01. The Morgan fingerprint density at radius 1 is 1.03 bits per heavy atom. The third kappa shape index (κ3) is 3.16. The zero-order valence-electron chi connectivity index (χ0n) is 16.2. The standard InChI is InChI=1S/C22H20N4O4/c27-16-7-5-15(6-8-16)24-9-11-25(12-10-24)19(28)13-26-14-23-20-17-3-1-2-4-18(17)30-21(20)22(26)29/h1-8,14,27H,9-13H2. The molecule has 1 N–H and O–H groups in total. The number of aromatic nitrogens is 2. The molecule has 2 aromatic heterocycles. The number of phenols is 1. The van der Waals surface area contributed by atoms with Gasteiger partial charge >= 0.3 is 0 Å². The summed E-state index contributed by atoms with van der Waals surface area (Å²) in [6.45, 7) is 2.43. The van der Waals surface area contributed by atoms with Crippen LogP contribution in [0.1, 0.15) is 0 Å². The number of benzene rings is 2. The molecule has 8 nitrogen and oxygen atoms in total. The molecule has 152 valence electrons. The minimum absolute atomic E-state index is 0.0714. The van der Waals surface area contributed by atoms with E-state index in [-0.39, 0.29) is 29.3 Å². The van der Waals surface area contributed by atoms with E-state index in [4.69, 9.17) is 4.42 Å². The van der Waals surface area contributed by atoms with Gasteiger partial charge in [-0.1, -0.05) is 12.1 Å². The minimum atomic E-state index is -0.354. The van der Waals surface area contributed by atoms with Crippen LogP contribution in [0.15, 0.2) is 64.1 Å². The van der Waals surface area contributed by atoms with Crippen LogP contribution in [-0.2, 0) is 11.3 Å². The van der Waals surface area contributed by atoms with Gasteiger partial charge in [0, 0.05) is 37.3 Å². The van der Waals surface area contributed by atoms with Crippen molar-refractivity contribution in [1.82, 2.24) is 14.5 Å². The molecule has 30 heavy (non-hydrogen) atoms. The van der Waals surface area contributed by atoms with E-state index >= 15 is 0 Å². The summed E-state index contributed by atoms with van der Waals surface area (Å²) < 4.78 is 6.98. The average Bonchev–Trinajstić information content (AvgIpc) is 3.16. The van der Waals surface area contributed by atoms with Crippen molar-refractivity contribution in [3.63, 3.8) is 0 Å². The Morgan fingerprint density at radius 3 is 2.53 bits per heavy atom. The summed E-state index contributed by atoms with van der Waals surface area (Å²) in [4.78, 5) is 33.9. The highest BCUT2D eigenvalue weighted by Crippen LogP contribution is 2.24. The van der Waals surface area contributed by atoms with E-state index in [1.807, 2.05) is 30.3 Å². The molecule has 0 spiro atoms. The van der Waals surface area contributed by atoms with Crippen LogP contribution >= 0.6 is 0 Å². The third-order valence-electron chi connectivity index (χ3n) is 5.50. The number of carbonyl (C=O) groups is 1. The molecule has 0 aliphatic carbocycles. The smallest absolute Gasteiger partial charge is 0.297 e. The Morgan fingerprint density at radius 2 is 1.77 bits per heavy atom. The lowest BCUT2D eigenvalue weighted by Gasteiger charge is -2.36. The first-order chi connectivity index (χ1) is 14.6. The number of hydrogen-bond donors (Lipinski definition) is 1. The van der Waals surface area contributed by atoms with Crippen LogP contribution in [0.4, 0.5) is 5.69 Å². The van der Waals surface area contributed by atoms with Gasteiger partial charge in [-0.15, -0.1) is 0 Å². The molecule has 1 aliphatic heterocycles. The van der Waals surface area contributed by atoms with Gasteiger partial charge in [-0.3, -0.25) is 14.2 Å². The van der Waals surface area contributed by atoms with E-state index in [0.29, 0.717) is 37.3 Å². The van der Waals surface area contributed by atoms with Gasteiger partial charge in [0.05, 0.1) is 6.33 Å². The highest BCUT2D eigenvalue weighted by Gasteiger charge is 2.22. The van der Waals surface area contributed by atoms with Crippen molar-refractivity contribution in [3.05, 3.63) is 65.2 Å². The van der Waals surface area contributed by atoms with Crippen LogP contribution in [-0.4, -0.2) is 51.6 Å². The van der Waals surface area contributed by atoms with Crippen LogP contribution < -0.4 is 10.5 Å². The minimum Gasteiger partial charge on any atom is -0.508 e. The number of amides is 1. The highest BCUT2D eigenvalue weighted by atomic mass is 16.3. The summed E-state index contributed by atoms with van der Waals surface area (Å²) in [7, 11) is 0. The van der Waals surface area contributed by atoms with Gasteiger partial charge in [0.25, 0.3) is 5.56 Å². The summed E-state index contributed by atoms with van der Waals surface area (Å²) in [5.74, 6) is 0.104. The maximum Gasteiger partial charge on any atom is 0.297 e. The predicted molar refractivity (Wildman–Crippen MR) is 113 cm³/mol. The summed E-state index contributed by atoms with van der Waals surface area (Å²) in [6.07, 6.45) is 1.41. The van der Waals surface area contributed by atoms with Crippen LogP contribution in [0.2, 0.25) is 0 Å². The fourth-order valence-corrected chi connectivity index (χ4v) is 3.85. The average molecular weight is 404 g/mol. The molecule has 1 amide bonds. The monoisotopic (exact) mass is 404 g/mol. The largest absolute Gasteiger partial charge is 0.508 e.